The van der Waals surface area contributed by atoms with Crippen LogP contribution in [0.1, 0.15) is 36.6 Å². The Morgan fingerprint density at radius 2 is 1.80 bits per heavy atom. The summed E-state index contributed by atoms with van der Waals surface area (Å²) in [5, 5.41) is 0. The van der Waals surface area contributed by atoms with Crippen molar-refractivity contribution in [3.63, 3.8) is 0 Å². The molecule has 0 spiro atoms. The monoisotopic (exact) mass is 558 g/mol. The quantitative estimate of drug-likeness (QED) is 0.297. The van der Waals surface area contributed by atoms with Crippen LogP contribution in [0.5, 0.6) is 11.5 Å². The molecule has 0 bridgehead atoms. The largest absolute Gasteiger partial charge is 0.496 e. The van der Waals surface area contributed by atoms with Crippen LogP contribution in [0, 0.1) is 5.82 Å². The molecule has 204 valence electrons. The molecule has 9 heteroatoms. The van der Waals surface area contributed by atoms with Gasteiger partial charge in [-0.15, -0.1) is 0 Å². The lowest BCUT2D eigenvalue weighted by Gasteiger charge is -2.25. The van der Waals surface area contributed by atoms with Crippen molar-refractivity contribution in [2.24, 2.45) is 4.99 Å². The number of methoxy groups -OCH3 is 1. The first-order chi connectivity index (χ1) is 19.4. The Morgan fingerprint density at radius 3 is 2.50 bits per heavy atom. The van der Waals surface area contributed by atoms with Crippen LogP contribution in [0.3, 0.4) is 0 Å². The molecule has 3 aromatic carbocycles. The SMILES string of the molecule is CCOC(=O)C1=C(C)N=c2sc(=Cc3ccc(OCc4ccc(F)cc4)cc3)c(=O)n2C1c1ccccc1OC. The zero-order valence-electron chi connectivity index (χ0n) is 22.2. The van der Waals surface area contributed by atoms with Gasteiger partial charge in [0.05, 0.1) is 29.5 Å². The Balaban J connectivity index is 1.51. The van der Waals surface area contributed by atoms with E-state index in [2.05, 4.69) is 4.99 Å². The number of allylic oxidation sites excluding steroid dienone is 1. The first kappa shape index (κ1) is 27.1. The van der Waals surface area contributed by atoms with Gasteiger partial charge in [-0.2, -0.15) is 0 Å². The summed E-state index contributed by atoms with van der Waals surface area (Å²) >= 11 is 1.25. The van der Waals surface area contributed by atoms with Crippen molar-refractivity contribution in [2.45, 2.75) is 26.5 Å². The van der Waals surface area contributed by atoms with E-state index in [4.69, 9.17) is 14.2 Å². The number of aromatic nitrogens is 1. The number of carbonyl (C=O) groups excluding carboxylic acids is 1. The van der Waals surface area contributed by atoms with Gasteiger partial charge in [-0.3, -0.25) is 9.36 Å². The molecule has 1 aliphatic heterocycles. The minimum atomic E-state index is -0.754. The maximum Gasteiger partial charge on any atom is 0.338 e. The number of hydrogen-bond acceptors (Lipinski definition) is 7. The summed E-state index contributed by atoms with van der Waals surface area (Å²) in [6, 6.07) is 20.0. The van der Waals surface area contributed by atoms with E-state index in [9.17, 15) is 14.0 Å². The van der Waals surface area contributed by atoms with E-state index in [-0.39, 0.29) is 18.0 Å². The zero-order valence-corrected chi connectivity index (χ0v) is 23.0. The fourth-order valence-corrected chi connectivity index (χ4v) is 5.58. The highest BCUT2D eigenvalue weighted by Crippen LogP contribution is 2.35. The van der Waals surface area contributed by atoms with Crippen LogP contribution < -0.4 is 24.4 Å². The normalized spacial score (nSPS) is 14.9. The second kappa shape index (κ2) is 11.7. The second-order valence-corrected chi connectivity index (χ2v) is 10.0. The number of carbonyl (C=O) groups is 1. The molecule has 4 aromatic rings. The van der Waals surface area contributed by atoms with Crippen LogP contribution in [-0.4, -0.2) is 24.3 Å². The first-order valence-corrected chi connectivity index (χ1v) is 13.5. The van der Waals surface area contributed by atoms with E-state index >= 15 is 0 Å². The fourth-order valence-electron chi connectivity index (χ4n) is 4.54. The molecule has 2 heterocycles. The van der Waals surface area contributed by atoms with Gasteiger partial charge in [-0.25, -0.2) is 14.2 Å². The molecule has 0 saturated heterocycles. The van der Waals surface area contributed by atoms with Crippen molar-refractivity contribution in [3.05, 3.63) is 126 Å². The maximum atomic E-state index is 13.8. The molecule has 40 heavy (non-hydrogen) atoms. The summed E-state index contributed by atoms with van der Waals surface area (Å²) in [6.45, 7) is 3.99. The zero-order chi connectivity index (χ0) is 28.2. The summed E-state index contributed by atoms with van der Waals surface area (Å²) in [5.74, 6) is 0.383. The molecule has 1 aromatic heterocycles. The average molecular weight is 559 g/mol. The van der Waals surface area contributed by atoms with Gasteiger partial charge in [0.25, 0.3) is 5.56 Å². The van der Waals surface area contributed by atoms with Gasteiger partial charge in [0, 0.05) is 5.56 Å². The third-order valence-electron chi connectivity index (χ3n) is 6.45. The highest BCUT2D eigenvalue weighted by molar-refractivity contribution is 7.07. The van der Waals surface area contributed by atoms with Crippen LogP contribution >= 0.6 is 11.3 Å². The Labute approximate surface area is 234 Å². The van der Waals surface area contributed by atoms with Gasteiger partial charge in [-0.1, -0.05) is 53.8 Å². The number of fused-ring (bicyclic) bond motifs is 1. The summed E-state index contributed by atoms with van der Waals surface area (Å²) in [5.41, 5.74) is 2.84. The minimum absolute atomic E-state index is 0.197. The Bertz CT molecular complexity index is 1760. The molecule has 7 nitrogen and oxygen atoms in total. The highest BCUT2D eigenvalue weighted by Gasteiger charge is 2.34. The fraction of sp³-hybridized carbons (Fsp3) is 0.194. The molecule has 0 radical (unpaired) electrons. The van der Waals surface area contributed by atoms with E-state index < -0.39 is 12.0 Å². The van der Waals surface area contributed by atoms with Crippen LogP contribution in [0.2, 0.25) is 0 Å². The molecule has 0 aliphatic carbocycles. The summed E-state index contributed by atoms with van der Waals surface area (Å²) in [7, 11) is 1.55. The molecule has 0 N–H and O–H groups in total. The van der Waals surface area contributed by atoms with E-state index in [1.165, 1.54) is 28.0 Å². The molecule has 5 rings (SSSR count). The number of nitrogens with zero attached hydrogens (tertiary/aromatic N) is 2. The third-order valence-corrected chi connectivity index (χ3v) is 7.43. The Hall–Kier alpha value is -4.50. The number of rotatable bonds is 8. The van der Waals surface area contributed by atoms with Crippen molar-refractivity contribution < 1.29 is 23.4 Å². The Kier molecular flexibility index (Phi) is 7.93. The summed E-state index contributed by atoms with van der Waals surface area (Å²) < 4.78 is 31.9. The van der Waals surface area contributed by atoms with E-state index in [1.54, 1.807) is 45.2 Å². The lowest BCUT2D eigenvalue weighted by atomic mass is 9.95. The second-order valence-electron chi connectivity index (χ2n) is 9.03. The number of halogens is 1. The van der Waals surface area contributed by atoms with Crippen LogP contribution in [-0.2, 0) is 16.1 Å². The summed E-state index contributed by atoms with van der Waals surface area (Å²) in [6.07, 6.45) is 1.79. The minimum Gasteiger partial charge on any atom is -0.496 e. The summed E-state index contributed by atoms with van der Waals surface area (Å²) in [4.78, 5) is 32.0. The predicted octanol–water partition coefficient (Wildman–Crippen LogP) is 4.53. The smallest absolute Gasteiger partial charge is 0.338 e. The van der Waals surface area contributed by atoms with Gasteiger partial charge < -0.3 is 14.2 Å². The standard InChI is InChI=1S/C31H27FN2O5S/c1-4-38-30(36)27-19(2)33-31-34(28(27)24-7-5-6-8-25(24)37-3)29(35)26(40-31)17-20-11-15-23(16-12-20)39-18-21-9-13-22(32)14-10-21/h5-17,28H,4,18H2,1-3H3. The van der Waals surface area contributed by atoms with E-state index in [1.807, 2.05) is 42.5 Å². The van der Waals surface area contributed by atoms with Gasteiger partial charge in [-0.05, 0) is 61.4 Å². The van der Waals surface area contributed by atoms with E-state index in [0.29, 0.717) is 44.3 Å². The number of hydrogen-bond donors (Lipinski definition) is 0. The Morgan fingerprint density at radius 1 is 1.07 bits per heavy atom. The van der Waals surface area contributed by atoms with Gasteiger partial charge in [0.1, 0.15) is 30.0 Å². The number of esters is 1. The average Bonchev–Trinajstić information content (AvgIpc) is 3.26. The first-order valence-electron chi connectivity index (χ1n) is 12.7. The lowest BCUT2D eigenvalue weighted by Crippen LogP contribution is -2.40. The number of para-hydroxylation sites is 1. The van der Waals surface area contributed by atoms with E-state index in [0.717, 1.165) is 11.1 Å². The molecule has 0 fully saturated rings. The van der Waals surface area contributed by atoms with Gasteiger partial charge in [0.15, 0.2) is 4.80 Å². The van der Waals surface area contributed by atoms with Crippen LogP contribution in [0.4, 0.5) is 4.39 Å². The van der Waals surface area contributed by atoms with Crippen molar-refractivity contribution >= 4 is 23.4 Å². The molecule has 0 saturated carbocycles. The topological polar surface area (TPSA) is 79.1 Å². The van der Waals surface area contributed by atoms with Gasteiger partial charge in [0.2, 0.25) is 0 Å². The predicted molar refractivity (Wildman–Crippen MR) is 151 cm³/mol. The van der Waals surface area contributed by atoms with Crippen LogP contribution in [0.25, 0.3) is 6.08 Å². The van der Waals surface area contributed by atoms with Crippen molar-refractivity contribution in [3.8, 4) is 11.5 Å². The molecular formula is C31H27FN2O5S. The van der Waals surface area contributed by atoms with Crippen molar-refractivity contribution in [1.82, 2.24) is 4.57 Å². The van der Waals surface area contributed by atoms with Crippen molar-refractivity contribution in [2.75, 3.05) is 13.7 Å². The molecular weight excluding hydrogens is 531 g/mol. The number of thiazole rings is 1. The molecule has 1 aliphatic rings. The molecule has 0 amide bonds. The van der Waals surface area contributed by atoms with Crippen molar-refractivity contribution in [1.29, 1.82) is 0 Å². The molecule has 1 unspecified atom stereocenters. The highest BCUT2D eigenvalue weighted by atomic mass is 32.1. The number of benzene rings is 3. The number of ether oxygens (including phenoxy) is 3. The van der Waals surface area contributed by atoms with Crippen LogP contribution in [0.15, 0.2) is 93.9 Å². The maximum absolute atomic E-state index is 13.8. The lowest BCUT2D eigenvalue weighted by molar-refractivity contribution is -0.139. The third kappa shape index (κ3) is 5.46. The van der Waals surface area contributed by atoms with Gasteiger partial charge >= 0.3 is 5.97 Å². The molecule has 1 atom stereocenters.